The molecule has 0 amide bonds. The van der Waals surface area contributed by atoms with E-state index in [4.69, 9.17) is 0 Å². The van der Waals surface area contributed by atoms with Crippen molar-refractivity contribution in [3.05, 3.63) is 17.9 Å². The van der Waals surface area contributed by atoms with Crippen LogP contribution in [0, 0.1) is 12.0 Å². The third kappa shape index (κ3) is 2.07. The van der Waals surface area contributed by atoms with E-state index >= 15 is 0 Å². The highest BCUT2D eigenvalue weighted by Gasteiger charge is 2.03. The van der Waals surface area contributed by atoms with E-state index in [1.54, 1.807) is 0 Å². The van der Waals surface area contributed by atoms with Gasteiger partial charge in [-0.2, -0.15) is 0 Å². The summed E-state index contributed by atoms with van der Waals surface area (Å²) >= 11 is 0. The number of allylic oxidation sites excluding steroid dienone is 1. The third-order valence-corrected chi connectivity index (χ3v) is 1.91. The van der Waals surface area contributed by atoms with Crippen molar-refractivity contribution in [1.82, 2.24) is 0 Å². The van der Waals surface area contributed by atoms with Gasteiger partial charge in [0.15, 0.2) is 0 Å². The molecular formula is C9H13. The summed E-state index contributed by atoms with van der Waals surface area (Å²) in [5.74, 6) is 0.896. The van der Waals surface area contributed by atoms with Crippen molar-refractivity contribution in [3.8, 4) is 0 Å². The summed E-state index contributed by atoms with van der Waals surface area (Å²) in [5, 5.41) is 0. The van der Waals surface area contributed by atoms with Crippen LogP contribution in [0.3, 0.4) is 0 Å². The van der Waals surface area contributed by atoms with E-state index in [1.807, 2.05) is 0 Å². The fourth-order valence-electron chi connectivity index (χ4n) is 1.13. The van der Waals surface area contributed by atoms with Crippen molar-refractivity contribution >= 4 is 0 Å². The standard InChI is InChI=1S/C9H13/c1-2-9-7-5-3-4-6-8-9/h5,9H,2,6-8H2,1H3. The summed E-state index contributed by atoms with van der Waals surface area (Å²) in [6.45, 7) is 2.25. The Morgan fingerprint density at radius 1 is 1.67 bits per heavy atom. The maximum atomic E-state index is 3.11. The number of hydrogen-bond acceptors (Lipinski definition) is 0. The highest BCUT2D eigenvalue weighted by molar-refractivity contribution is 4.85. The Morgan fingerprint density at radius 3 is 3.33 bits per heavy atom. The van der Waals surface area contributed by atoms with Gasteiger partial charge in [-0.05, 0) is 31.3 Å². The molecule has 1 aliphatic rings. The molecular weight excluding hydrogens is 108 g/mol. The molecule has 1 unspecified atom stereocenters. The molecule has 0 heterocycles. The second-order valence-corrected chi connectivity index (χ2v) is 2.57. The van der Waals surface area contributed by atoms with Gasteiger partial charge in [0.2, 0.25) is 0 Å². The zero-order valence-electron chi connectivity index (χ0n) is 5.98. The van der Waals surface area contributed by atoms with E-state index in [2.05, 4.69) is 24.8 Å². The lowest BCUT2D eigenvalue weighted by molar-refractivity contribution is 0.483. The van der Waals surface area contributed by atoms with Crippen molar-refractivity contribution in [2.45, 2.75) is 32.6 Å². The normalized spacial score (nSPS) is 26.1. The summed E-state index contributed by atoms with van der Waals surface area (Å²) in [6, 6.07) is 0. The van der Waals surface area contributed by atoms with Crippen molar-refractivity contribution in [2.24, 2.45) is 5.92 Å². The van der Waals surface area contributed by atoms with Crippen molar-refractivity contribution in [1.29, 1.82) is 0 Å². The molecule has 0 spiro atoms. The van der Waals surface area contributed by atoms with Gasteiger partial charge in [0.1, 0.15) is 0 Å². The Balaban J connectivity index is 2.38. The summed E-state index contributed by atoms with van der Waals surface area (Å²) in [4.78, 5) is 0. The molecule has 1 radical (unpaired) electrons. The number of rotatable bonds is 1. The van der Waals surface area contributed by atoms with Gasteiger partial charge in [0.25, 0.3) is 0 Å². The quantitative estimate of drug-likeness (QED) is 0.468. The maximum absolute atomic E-state index is 3.11. The zero-order valence-corrected chi connectivity index (χ0v) is 5.98. The van der Waals surface area contributed by atoms with Gasteiger partial charge >= 0.3 is 0 Å². The Labute approximate surface area is 57.3 Å². The first-order chi connectivity index (χ1) is 4.43. The van der Waals surface area contributed by atoms with Crippen LogP contribution in [0.5, 0.6) is 0 Å². The Kier molecular flexibility index (Phi) is 2.60. The van der Waals surface area contributed by atoms with Gasteiger partial charge in [-0.1, -0.05) is 13.3 Å². The lowest BCUT2D eigenvalue weighted by Crippen LogP contribution is -1.94. The molecule has 1 atom stereocenters. The highest BCUT2D eigenvalue weighted by atomic mass is 14.1. The molecule has 0 N–H and O–H groups in total. The summed E-state index contributed by atoms with van der Waals surface area (Å²) in [7, 11) is 0. The average Bonchev–Trinajstić information content (AvgIpc) is 2.13. The maximum Gasteiger partial charge on any atom is 0.00454 e. The minimum absolute atomic E-state index is 0.896. The first-order valence-electron chi connectivity index (χ1n) is 3.73. The molecule has 0 aromatic rings. The lowest BCUT2D eigenvalue weighted by Gasteiger charge is -2.07. The summed E-state index contributed by atoms with van der Waals surface area (Å²) in [5.41, 5.74) is 3.04. The van der Waals surface area contributed by atoms with Crippen molar-refractivity contribution < 1.29 is 0 Å². The molecule has 9 heavy (non-hydrogen) atoms. The second-order valence-electron chi connectivity index (χ2n) is 2.57. The van der Waals surface area contributed by atoms with Crippen LogP contribution in [0.2, 0.25) is 0 Å². The van der Waals surface area contributed by atoms with E-state index in [-0.39, 0.29) is 0 Å². The first-order valence-corrected chi connectivity index (χ1v) is 3.73. The number of hydrogen-bond donors (Lipinski definition) is 0. The molecule has 0 saturated carbocycles. The molecule has 0 aromatic carbocycles. The van der Waals surface area contributed by atoms with Crippen LogP contribution in [0.15, 0.2) is 11.8 Å². The molecule has 49 valence electrons. The highest BCUT2D eigenvalue weighted by Crippen LogP contribution is 2.17. The van der Waals surface area contributed by atoms with Crippen molar-refractivity contribution in [2.75, 3.05) is 0 Å². The molecule has 0 heteroatoms. The SMILES string of the molecule is CCC1CC=C=[C]CC1. The van der Waals surface area contributed by atoms with Gasteiger partial charge in [-0.3, -0.25) is 0 Å². The lowest BCUT2D eigenvalue weighted by atomic mass is 9.98. The molecule has 1 aliphatic carbocycles. The predicted molar refractivity (Wildman–Crippen MR) is 39.0 cm³/mol. The van der Waals surface area contributed by atoms with E-state index in [9.17, 15) is 0 Å². The minimum Gasteiger partial charge on any atom is -0.121 e. The fraction of sp³-hybridized carbons (Fsp3) is 0.667. The molecule has 0 nitrogen and oxygen atoms in total. The monoisotopic (exact) mass is 121 g/mol. The molecule has 0 bridgehead atoms. The first kappa shape index (κ1) is 6.64. The van der Waals surface area contributed by atoms with E-state index < -0.39 is 0 Å². The van der Waals surface area contributed by atoms with Crippen LogP contribution < -0.4 is 0 Å². The third-order valence-electron chi connectivity index (χ3n) is 1.91. The van der Waals surface area contributed by atoms with Gasteiger partial charge in [0, 0.05) is 6.08 Å². The van der Waals surface area contributed by atoms with Gasteiger partial charge in [-0.25, -0.2) is 0 Å². The summed E-state index contributed by atoms with van der Waals surface area (Å²) in [6.07, 6.45) is 10.1. The summed E-state index contributed by atoms with van der Waals surface area (Å²) < 4.78 is 0. The Hall–Kier alpha value is -0.480. The molecule has 0 aliphatic heterocycles. The Bertz CT molecular complexity index is 127. The van der Waals surface area contributed by atoms with E-state index in [0.717, 1.165) is 12.3 Å². The molecule has 0 fully saturated rings. The van der Waals surface area contributed by atoms with Gasteiger partial charge < -0.3 is 0 Å². The van der Waals surface area contributed by atoms with Crippen LogP contribution in [-0.2, 0) is 0 Å². The fourth-order valence-corrected chi connectivity index (χ4v) is 1.13. The second kappa shape index (κ2) is 3.53. The van der Waals surface area contributed by atoms with Crippen molar-refractivity contribution in [3.63, 3.8) is 0 Å². The van der Waals surface area contributed by atoms with Gasteiger partial charge in [-0.15, -0.1) is 5.73 Å². The predicted octanol–water partition coefficient (Wildman–Crippen LogP) is 2.71. The van der Waals surface area contributed by atoms with E-state index in [1.165, 1.54) is 19.3 Å². The van der Waals surface area contributed by atoms with Crippen LogP contribution in [-0.4, -0.2) is 0 Å². The molecule has 0 aromatic heterocycles. The zero-order chi connectivity index (χ0) is 6.53. The molecule has 0 saturated heterocycles. The minimum atomic E-state index is 0.896. The molecule has 1 rings (SSSR count). The smallest absolute Gasteiger partial charge is 0.00454 e. The largest absolute Gasteiger partial charge is 0.121 e. The van der Waals surface area contributed by atoms with Crippen LogP contribution in [0.25, 0.3) is 0 Å². The van der Waals surface area contributed by atoms with Crippen LogP contribution in [0.1, 0.15) is 32.6 Å². The van der Waals surface area contributed by atoms with Gasteiger partial charge in [0.05, 0.1) is 0 Å². The van der Waals surface area contributed by atoms with Crippen LogP contribution in [0.4, 0.5) is 0 Å². The average molecular weight is 121 g/mol. The van der Waals surface area contributed by atoms with Crippen LogP contribution >= 0.6 is 0 Å². The van der Waals surface area contributed by atoms with E-state index in [0.29, 0.717) is 0 Å². The topological polar surface area (TPSA) is 0 Å². The Morgan fingerprint density at radius 2 is 2.56 bits per heavy atom.